The number of Topliss-reactive ketones (excluding diaryl/α,β-unsaturated/α-hetero) is 1. The van der Waals surface area contributed by atoms with Crippen LogP contribution in [-0.2, 0) is 6.18 Å². The summed E-state index contributed by atoms with van der Waals surface area (Å²) in [5.74, 6) is -0.727. The third-order valence-electron chi connectivity index (χ3n) is 2.45. The molecule has 0 radical (unpaired) electrons. The molecule has 17 heavy (non-hydrogen) atoms. The molecule has 0 aliphatic rings. The maximum atomic E-state index is 12.8. The first kappa shape index (κ1) is 11.7. The fourth-order valence-electron chi connectivity index (χ4n) is 1.75. The summed E-state index contributed by atoms with van der Waals surface area (Å²) in [4.78, 5) is 13.7. The zero-order valence-corrected chi connectivity index (χ0v) is 8.64. The number of hydrogen-bond donors (Lipinski definition) is 2. The topological polar surface area (TPSA) is 58.9 Å². The van der Waals surface area contributed by atoms with E-state index in [-0.39, 0.29) is 16.5 Å². The van der Waals surface area contributed by atoms with E-state index in [1.165, 1.54) is 12.1 Å². The number of ketones is 1. The largest absolute Gasteiger partial charge is 0.431 e. The maximum Gasteiger partial charge on any atom is 0.431 e. The van der Waals surface area contributed by atoms with Gasteiger partial charge < -0.3 is 10.7 Å². The highest BCUT2D eigenvalue weighted by atomic mass is 19.4. The number of halogens is 3. The van der Waals surface area contributed by atoms with Crippen molar-refractivity contribution >= 4 is 16.7 Å². The van der Waals surface area contributed by atoms with Gasteiger partial charge in [0.25, 0.3) is 0 Å². The monoisotopic (exact) mass is 242 g/mol. The highest BCUT2D eigenvalue weighted by molar-refractivity contribution is 6.10. The lowest BCUT2D eigenvalue weighted by Crippen LogP contribution is -2.18. The third-order valence-corrected chi connectivity index (χ3v) is 2.45. The number of H-pyrrole nitrogens is 1. The average Bonchev–Trinajstić information content (AvgIpc) is 2.67. The summed E-state index contributed by atoms with van der Waals surface area (Å²) in [7, 11) is 0. The Balaban J connectivity index is 2.79. The molecule has 0 aliphatic carbocycles. The van der Waals surface area contributed by atoms with Crippen molar-refractivity contribution in [1.82, 2.24) is 4.98 Å². The summed E-state index contributed by atoms with van der Waals surface area (Å²) in [6.45, 7) is -0.453. The van der Waals surface area contributed by atoms with E-state index in [0.717, 1.165) is 0 Å². The Hall–Kier alpha value is -1.82. The molecule has 90 valence electrons. The SMILES string of the molecule is NCC(=O)c1c(C(F)(F)F)[nH]c2ccccc12. The third kappa shape index (κ3) is 1.91. The van der Waals surface area contributed by atoms with Crippen molar-refractivity contribution in [1.29, 1.82) is 0 Å². The van der Waals surface area contributed by atoms with Crippen LogP contribution in [0, 0.1) is 0 Å². The van der Waals surface area contributed by atoms with E-state index in [4.69, 9.17) is 5.73 Å². The van der Waals surface area contributed by atoms with Gasteiger partial charge in [0.05, 0.1) is 12.1 Å². The minimum atomic E-state index is -4.60. The van der Waals surface area contributed by atoms with Crippen LogP contribution in [0.15, 0.2) is 24.3 Å². The first-order valence-corrected chi connectivity index (χ1v) is 4.86. The number of para-hydroxylation sites is 1. The average molecular weight is 242 g/mol. The number of rotatable bonds is 2. The van der Waals surface area contributed by atoms with Crippen molar-refractivity contribution in [3.8, 4) is 0 Å². The van der Waals surface area contributed by atoms with E-state index < -0.39 is 24.2 Å². The van der Waals surface area contributed by atoms with E-state index in [2.05, 4.69) is 4.98 Å². The Morgan fingerprint density at radius 3 is 2.53 bits per heavy atom. The number of carbonyl (C=O) groups excluding carboxylic acids is 1. The van der Waals surface area contributed by atoms with Crippen LogP contribution in [0.5, 0.6) is 0 Å². The predicted molar refractivity (Wildman–Crippen MR) is 56.7 cm³/mol. The Morgan fingerprint density at radius 1 is 1.29 bits per heavy atom. The normalized spacial score (nSPS) is 12.0. The van der Waals surface area contributed by atoms with Gasteiger partial charge in [-0.15, -0.1) is 0 Å². The lowest BCUT2D eigenvalue weighted by Gasteiger charge is -2.06. The Morgan fingerprint density at radius 2 is 1.94 bits per heavy atom. The highest BCUT2D eigenvalue weighted by Gasteiger charge is 2.38. The molecule has 0 saturated carbocycles. The quantitative estimate of drug-likeness (QED) is 0.794. The minimum absolute atomic E-state index is 0.246. The van der Waals surface area contributed by atoms with Crippen molar-refractivity contribution in [2.45, 2.75) is 6.18 Å². The highest BCUT2D eigenvalue weighted by Crippen LogP contribution is 2.35. The van der Waals surface area contributed by atoms with Gasteiger partial charge in [-0.25, -0.2) is 0 Å². The molecule has 1 aromatic carbocycles. The molecule has 0 atom stereocenters. The molecule has 0 unspecified atom stereocenters. The molecule has 0 bridgehead atoms. The number of alkyl halides is 3. The van der Waals surface area contributed by atoms with Crippen LogP contribution < -0.4 is 5.73 Å². The molecule has 6 heteroatoms. The van der Waals surface area contributed by atoms with Crippen molar-refractivity contribution in [3.63, 3.8) is 0 Å². The number of nitrogens with two attached hydrogens (primary N) is 1. The smallest absolute Gasteiger partial charge is 0.350 e. The summed E-state index contributed by atoms with van der Waals surface area (Å²) in [6, 6.07) is 6.11. The number of carbonyl (C=O) groups is 1. The maximum absolute atomic E-state index is 12.8. The van der Waals surface area contributed by atoms with Crippen LogP contribution in [0.1, 0.15) is 16.1 Å². The number of benzene rings is 1. The van der Waals surface area contributed by atoms with E-state index in [9.17, 15) is 18.0 Å². The van der Waals surface area contributed by atoms with Crippen LogP contribution in [0.3, 0.4) is 0 Å². The van der Waals surface area contributed by atoms with Crippen LogP contribution >= 0.6 is 0 Å². The second-order valence-electron chi connectivity index (χ2n) is 3.55. The fraction of sp³-hybridized carbons (Fsp3) is 0.182. The molecule has 1 aromatic heterocycles. The van der Waals surface area contributed by atoms with Gasteiger partial charge in [-0.3, -0.25) is 4.79 Å². The molecule has 0 spiro atoms. The number of aromatic nitrogens is 1. The van der Waals surface area contributed by atoms with Crippen molar-refractivity contribution in [2.75, 3.05) is 6.54 Å². The van der Waals surface area contributed by atoms with Gasteiger partial charge in [-0.1, -0.05) is 18.2 Å². The molecule has 3 N–H and O–H groups in total. The summed E-state index contributed by atoms with van der Waals surface area (Å²) in [6.07, 6.45) is -4.60. The number of hydrogen-bond acceptors (Lipinski definition) is 2. The molecule has 2 aromatic rings. The van der Waals surface area contributed by atoms with E-state index >= 15 is 0 Å². The van der Waals surface area contributed by atoms with Crippen LogP contribution in [0.25, 0.3) is 10.9 Å². The Kier molecular flexibility index (Phi) is 2.66. The van der Waals surface area contributed by atoms with Crippen LogP contribution in [0.2, 0.25) is 0 Å². The second-order valence-corrected chi connectivity index (χ2v) is 3.55. The summed E-state index contributed by atoms with van der Waals surface area (Å²) >= 11 is 0. The zero-order chi connectivity index (χ0) is 12.6. The Bertz CT molecular complexity index is 572. The van der Waals surface area contributed by atoms with Gasteiger partial charge in [0.1, 0.15) is 5.69 Å². The first-order chi connectivity index (χ1) is 7.95. The van der Waals surface area contributed by atoms with Gasteiger partial charge in [0.15, 0.2) is 5.78 Å². The van der Waals surface area contributed by atoms with Crippen LogP contribution in [0.4, 0.5) is 13.2 Å². The minimum Gasteiger partial charge on any atom is -0.350 e. The van der Waals surface area contributed by atoms with Gasteiger partial charge in [0.2, 0.25) is 0 Å². The Labute approximate surface area is 94.4 Å². The van der Waals surface area contributed by atoms with Gasteiger partial charge in [-0.2, -0.15) is 13.2 Å². The fourth-order valence-corrected chi connectivity index (χ4v) is 1.75. The van der Waals surface area contributed by atoms with Crippen molar-refractivity contribution in [2.24, 2.45) is 5.73 Å². The number of fused-ring (bicyclic) bond motifs is 1. The van der Waals surface area contributed by atoms with Gasteiger partial charge >= 0.3 is 6.18 Å². The molecule has 0 aliphatic heterocycles. The lowest BCUT2D eigenvalue weighted by atomic mass is 10.1. The van der Waals surface area contributed by atoms with E-state index in [0.29, 0.717) is 0 Å². The number of nitrogens with one attached hydrogen (secondary N) is 1. The number of aromatic amines is 1. The molecule has 3 nitrogen and oxygen atoms in total. The zero-order valence-electron chi connectivity index (χ0n) is 8.64. The molecular formula is C11H9F3N2O. The molecule has 1 heterocycles. The molecule has 0 saturated heterocycles. The van der Waals surface area contributed by atoms with Crippen molar-refractivity contribution < 1.29 is 18.0 Å². The molecule has 0 fully saturated rings. The second kappa shape index (κ2) is 3.89. The lowest BCUT2D eigenvalue weighted by molar-refractivity contribution is -0.140. The van der Waals surface area contributed by atoms with E-state index in [1.54, 1.807) is 12.1 Å². The van der Waals surface area contributed by atoms with Crippen molar-refractivity contribution in [3.05, 3.63) is 35.5 Å². The predicted octanol–water partition coefficient (Wildman–Crippen LogP) is 2.33. The first-order valence-electron chi connectivity index (χ1n) is 4.86. The molecule has 0 amide bonds. The standard InChI is InChI=1S/C11H9F3N2O/c12-11(13,14)10-9(8(17)5-15)6-3-1-2-4-7(6)16-10/h1-4,16H,5,15H2. The summed E-state index contributed by atoms with van der Waals surface area (Å²) < 4.78 is 38.3. The molecular weight excluding hydrogens is 233 g/mol. The van der Waals surface area contributed by atoms with E-state index in [1.807, 2.05) is 0 Å². The van der Waals surface area contributed by atoms with Gasteiger partial charge in [0, 0.05) is 10.9 Å². The van der Waals surface area contributed by atoms with Gasteiger partial charge in [-0.05, 0) is 6.07 Å². The molecule has 2 rings (SSSR count). The van der Waals surface area contributed by atoms with Crippen LogP contribution in [-0.4, -0.2) is 17.3 Å². The summed E-state index contributed by atoms with van der Waals surface area (Å²) in [5, 5.41) is 0.246. The summed E-state index contributed by atoms with van der Waals surface area (Å²) in [5.41, 5.74) is 4.00.